The van der Waals surface area contributed by atoms with E-state index in [1.165, 1.54) is 11.8 Å². The number of benzene rings is 2. The molecule has 220 valence electrons. The average molecular weight is 576 g/mol. The molecule has 2 aliphatic heterocycles. The summed E-state index contributed by atoms with van der Waals surface area (Å²) >= 11 is 0. The van der Waals surface area contributed by atoms with E-state index in [1.54, 1.807) is 12.1 Å². The predicted molar refractivity (Wildman–Crippen MR) is 164 cm³/mol. The molecule has 0 radical (unpaired) electrons. The molecule has 0 spiro atoms. The average Bonchev–Trinajstić information content (AvgIpc) is 3.92. The number of carbonyl (C=O) groups is 3. The van der Waals surface area contributed by atoms with Crippen LogP contribution in [0.5, 0.6) is 0 Å². The number of likely N-dealkylation sites (tertiary alicyclic amines) is 1. The Morgan fingerprint density at radius 3 is 2.07 bits per heavy atom. The standard InChI is InChI=1S/C35H37N5O3/c36-22-26-1-3-27(4-2-26)24-38-15-13-25(14-16-38)21-33(41)32-12-9-30(23-37-32)35(43)40-19-17-39(18-20-40)31-10-7-29(8-11-31)34(42)28-5-6-28/h1-4,7-12,23,25,28H,5-6,13-21,24H2. The van der Waals surface area contributed by atoms with Gasteiger partial charge in [-0.25, -0.2) is 0 Å². The maximum Gasteiger partial charge on any atom is 0.255 e. The van der Waals surface area contributed by atoms with Gasteiger partial charge in [0.05, 0.1) is 17.2 Å². The molecule has 1 aromatic heterocycles. The SMILES string of the molecule is N#Cc1ccc(CN2CCC(CC(=O)c3ccc(C(=O)N4CCN(c5ccc(C(=O)C6CC6)cc5)CC4)cn3)CC2)cc1. The summed E-state index contributed by atoms with van der Waals surface area (Å²) in [6.45, 7) is 5.39. The van der Waals surface area contributed by atoms with Gasteiger partial charge >= 0.3 is 0 Å². The number of Topliss-reactive ketones (excluding diaryl/α,β-unsaturated/α-hetero) is 2. The Hall–Kier alpha value is -4.35. The number of anilines is 1. The van der Waals surface area contributed by atoms with Crippen molar-refractivity contribution < 1.29 is 14.4 Å². The summed E-state index contributed by atoms with van der Waals surface area (Å²) in [6.07, 6.45) is 5.96. The number of carbonyl (C=O) groups excluding carboxylic acids is 3. The van der Waals surface area contributed by atoms with Gasteiger partial charge in [0.25, 0.3) is 5.91 Å². The summed E-state index contributed by atoms with van der Waals surface area (Å²) in [6, 6.07) is 21.2. The molecule has 3 fully saturated rings. The third kappa shape index (κ3) is 7.00. The van der Waals surface area contributed by atoms with E-state index in [0.717, 1.165) is 69.7 Å². The minimum Gasteiger partial charge on any atom is -0.368 e. The molecule has 1 saturated carbocycles. The minimum absolute atomic E-state index is 0.0306. The Kier molecular flexibility index (Phi) is 8.62. The number of nitrogens with zero attached hydrogens (tertiary/aromatic N) is 5. The third-order valence-corrected chi connectivity index (χ3v) is 9.00. The lowest BCUT2D eigenvalue weighted by Gasteiger charge is -2.36. The van der Waals surface area contributed by atoms with Crippen molar-refractivity contribution in [2.75, 3.05) is 44.2 Å². The second-order valence-electron chi connectivity index (χ2n) is 12.1. The Morgan fingerprint density at radius 1 is 0.791 bits per heavy atom. The van der Waals surface area contributed by atoms with Crippen LogP contribution in [-0.2, 0) is 6.54 Å². The van der Waals surface area contributed by atoms with E-state index in [1.807, 2.05) is 53.4 Å². The van der Waals surface area contributed by atoms with Gasteiger partial charge in [-0.2, -0.15) is 5.26 Å². The van der Waals surface area contributed by atoms with Crippen LogP contribution in [0.1, 0.15) is 74.4 Å². The molecule has 0 N–H and O–H groups in total. The number of nitriles is 1. The van der Waals surface area contributed by atoms with E-state index < -0.39 is 0 Å². The fourth-order valence-corrected chi connectivity index (χ4v) is 6.11. The van der Waals surface area contributed by atoms with Gasteiger partial charge in [0, 0.05) is 62.5 Å². The zero-order valence-electron chi connectivity index (χ0n) is 24.5. The molecule has 1 aliphatic carbocycles. The molecule has 8 heteroatoms. The first-order valence-electron chi connectivity index (χ1n) is 15.4. The van der Waals surface area contributed by atoms with Gasteiger partial charge in [-0.15, -0.1) is 0 Å². The Balaban J connectivity index is 0.945. The number of pyridine rings is 1. The quantitative estimate of drug-likeness (QED) is 0.332. The molecule has 3 heterocycles. The zero-order valence-corrected chi connectivity index (χ0v) is 24.5. The molecular weight excluding hydrogens is 538 g/mol. The molecule has 3 aromatic rings. The molecule has 0 unspecified atom stereocenters. The topological polar surface area (TPSA) is 97.6 Å². The molecule has 2 aromatic carbocycles. The van der Waals surface area contributed by atoms with Crippen LogP contribution in [0.25, 0.3) is 0 Å². The maximum atomic E-state index is 13.2. The van der Waals surface area contributed by atoms with Crippen LogP contribution >= 0.6 is 0 Å². The zero-order chi connectivity index (χ0) is 29.8. The minimum atomic E-state index is -0.0637. The van der Waals surface area contributed by atoms with Crippen molar-refractivity contribution in [1.29, 1.82) is 5.26 Å². The van der Waals surface area contributed by atoms with Crippen LogP contribution in [-0.4, -0.2) is 71.5 Å². The van der Waals surface area contributed by atoms with E-state index in [-0.39, 0.29) is 23.4 Å². The van der Waals surface area contributed by atoms with Gasteiger partial charge in [-0.05, 0) is 98.8 Å². The summed E-state index contributed by atoms with van der Waals surface area (Å²) in [5.41, 5.74) is 4.65. The summed E-state index contributed by atoms with van der Waals surface area (Å²) in [5, 5.41) is 8.98. The van der Waals surface area contributed by atoms with Crippen LogP contribution in [0.3, 0.4) is 0 Å². The number of amides is 1. The van der Waals surface area contributed by atoms with Gasteiger partial charge in [0.1, 0.15) is 5.69 Å². The van der Waals surface area contributed by atoms with Crippen molar-refractivity contribution in [1.82, 2.24) is 14.8 Å². The molecule has 6 rings (SSSR count). The van der Waals surface area contributed by atoms with Gasteiger partial charge in [0.15, 0.2) is 11.6 Å². The summed E-state index contributed by atoms with van der Waals surface area (Å²) in [7, 11) is 0. The number of ketones is 2. The molecule has 0 atom stereocenters. The van der Waals surface area contributed by atoms with Gasteiger partial charge in [0.2, 0.25) is 0 Å². The van der Waals surface area contributed by atoms with Crippen LogP contribution < -0.4 is 4.90 Å². The van der Waals surface area contributed by atoms with E-state index >= 15 is 0 Å². The van der Waals surface area contributed by atoms with Crippen LogP contribution in [0.4, 0.5) is 5.69 Å². The van der Waals surface area contributed by atoms with Gasteiger partial charge in [-0.3, -0.25) is 24.3 Å². The number of hydrogen-bond donors (Lipinski definition) is 0. The number of hydrogen-bond acceptors (Lipinski definition) is 7. The number of piperazine rings is 1. The van der Waals surface area contributed by atoms with E-state index in [0.29, 0.717) is 42.2 Å². The third-order valence-electron chi connectivity index (χ3n) is 9.00. The molecule has 2 saturated heterocycles. The Bertz CT molecular complexity index is 1490. The first-order chi connectivity index (χ1) is 21.0. The van der Waals surface area contributed by atoms with E-state index in [2.05, 4.69) is 20.9 Å². The Labute approximate surface area is 252 Å². The van der Waals surface area contributed by atoms with Crippen molar-refractivity contribution in [2.24, 2.45) is 11.8 Å². The van der Waals surface area contributed by atoms with Crippen molar-refractivity contribution >= 4 is 23.2 Å². The monoisotopic (exact) mass is 575 g/mol. The van der Waals surface area contributed by atoms with Crippen molar-refractivity contribution in [3.05, 3.63) is 94.8 Å². The number of piperidine rings is 1. The lowest BCUT2D eigenvalue weighted by atomic mass is 9.90. The molecule has 8 nitrogen and oxygen atoms in total. The highest BCUT2D eigenvalue weighted by Crippen LogP contribution is 2.33. The van der Waals surface area contributed by atoms with E-state index in [9.17, 15) is 14.4 Å². The van der Waals surface area contributed by atoms with Gasteiger partial charge < -0.3 is 9.80 Å². The highest BCUT2D eigenvalue weighted by atomic mass is 16.2. The second-order valence-corrected chi connectivity index (χ2v) is 12.1. The molecule has 3 aliphatic rings. The summed E-state index contributed by atoms with van der Waals surface area (Å²) in [5.74, 6) is 0.771. The van der Waals surface area contributed by atoms with E-state index in [4.69, 9.17) is 5.26 Å². The van der Waals surface area contributed by atoms with Crippen LogP contribution in [0, 0.1) is 23.2 Å². The first-order valence-corrected chi connectivity index (χ1v) is 15.4. The van der Waals surface area contributed by atoms with Gasteiger partial charge in [-0.1, -0.05) is 12.1 Å². The largest absolute Gasteiger partial charge is 0.368 e. The lowest BCUT2D eigenvalue weighted by Crippen LogP contribution is -2.48. The lowest BCUT2D eigenvalue weighted by molar-refractivity contribution is 0.0745. The highest BCUT2D eigenvalue weighted by molar-refractivity contribution is 5.99. The number of rotatable bonds is 9. The second kappa shape index (κ2) is 12.9. The molecule has 43 heavy (non-hydrogen) atoms. The fourth-order valence-electron chi connectivity index (χ4n) is 6.11. The molecule has 1 amide bonds. The van der Waals surface area contributed by atoms with Crippen LogP contribution in [0.2, 0.25) is 0 Å². The maximum absolute atomic E-state index is 13.2. The normalized spacial score (nSPS) is 17.8. The first kappa shape index (κ1) is 28.8. The van der Waals surface area contributed by atoms with Crippen molar-refractivity contribution in [3.63, 3.8) is 0 Å². The highest BCUT2D eigenvalue weighted by Gasteiger charge is 2.30. The molecular formula is C35H37N5O3. The van der Waals surface area contributed by atoms with Crippen molar-refractivity contribution in [2.45, 2.75) is 38.6 Å². The summed E-state index contributed by atoms with van der Waals surface area (Å²) in [4.78, 5) is 49.3. The summed E-state index contributed by atoms with van der Waals surface area (Å²) < 4.78 is 0. The Morgan fingerprint density at radius 2 is 1.47 bits per heavy atom. The van der Waals surface area contributed by atoms with Crippen LogP contribution in [0.15, 0.2) is 66.9 Å². The van der Waals surface area contributed by atoms with Crippen molar-refractivity contribution in [3.8, 4) is 6.07 Å². The smallest absolute Gasteiger partial charge is 0.255 e. The predicted octanol–water partition coefficient (Wildman–Crippen LogP) is 4.99. The number of aromatic nitrogens is 1. The fraction of sp³-hybridized carbons (Fsp3) is 0.400. The molecule has 0 bridgehead atoms.